The Morgan fingerprint density at radius 2 is 1.62 bits per heavy atom. The number of amides is 1. The molecule has 0 saturated heterocycles. The van der Waals surface area contributed by atoms with E-state index in [1.54, 1.807) is 42.5 Å². The summed E-state index contributed by atoms with van der Waals surface area (Å²) in [5, 5.41) is 0. The molecule has 1 amide bonds. The zero-order chi connectivity index (χ0) is 15.4. The molecule has 2 N–H and O–H groups in total. The van der Waals surface area contributed by atoms with Gasteiger partial charge in [0.2, 0.25) is 5.91 Å². The topological polar surface area (TPSA) is 78.6 Å². The summed E-state index contributed by atoms with van der Waals surface area (Å²) in [4.78, 5) is 22.8. The third kappa shape index (κ3) is 3.20. The number of benzene rings is 2. The first-order chi connectivity index (χ1) is 10.0. The molecule has 5 heteroatoms. The molecule has 0 radical (unpaired) electrons. The van der Waals surface area contributed by atoms with Gasteiger partial charge in [0.25, 0.3) is 0 Å². The van der Waals surface area contributed by atoms with Gasteiger partial charge in [-0.05, 0) is 43.3 Å². The van der Waals surface area contributed by atoms with Crippen molar-refractivity contribution in [2.75, 3.05) is 7.11 Å². The molecule has 108 valence electrons. The van der Waals surface area contributed by atoms with Gasteiger partial charge in [-0.1, -0.05) is 6.07 Å². The van der Waals surface area contributed by atoms with Crippen LogP contribution in [0.4, 0.5) is 0 Å². The number of hydrogen-bond donors (Lipinski definition) is 1. The second-order valence-electron chi connectivity index (χ2n) is 4.38. The maximum atomic E-state index is 11.8. The van der Waals surface area contributed by atoms with E-state index in [4.69, 9.17) is 15.2 Å². The molecule has 21 heavy (non-hydrogen) atoms. The summed E-state index contributed by atoms with van der Waals surface area (Å²) in [7, 11) is 1.49. The molecule has 0 atom stereocenters. The van der Waals surface area contributed by atoms with Gasteiger partial charge in [0.15, 0.2) is 5.78 Å². The second-order valence-corrected chi connectivity index (χ2v) is 4.38. The number of ketones is 1. The number of ether oxygens (including phenoxy) is 2. The Hall–Kier alpha value is -2.82. The molecule has 0 unspecified atom stereocenters. The minimum absolute atomic E-state index is 0.156. The molecule has 0 aliphatic carbocycles. The zero-order valence-electron chi connectivity index (χ0n) is 11.8. The van der Waals surface area contributed by atoms with E-state index in [-0.39, 0.29) is 5.78 Å². The largest absolute Gasteiger partial charge is 0.496 e. The lowest BCUT2D eigenvalue weighted by atomic mass is 10.1. The van der Waals surface area contributed by atoms with Crippen molar-refractivity contribution in [3.05, 3.63) is 53.6 Å². The van der Waals surface area contributed by atoms with Crippen LogP contribution in [0, 0.1) is 0 Å². The molecule has 0 spiro atoms. The van der Waals surface area contributed by atoms with Gasteiger partial charge in [0.1, 0.15) is 22.8 Å². The predicted molar refractivity (Wildman–Crippen MR) is 78.0 cm³/mol. The summed E-state index contributed by atoms with van der Waals surface area (Å²) in [6.07, 6.45) is 0. The summed E-state index contributed by atoms with van der Waals surface area (Å²) in [5.74, 6) is 0.682. The quantitative estimate of drug-likeness (QED) is 0.857. The van der Waals surface area contributed by atoms with E-state index in [0.717, 1.165) is 0 Å². The fourth-order valence-corrected chi connectivity index (χ4v) is 1.93. The van der Waals surface area contributed by atoms with Gasteiger partial charge >= 0.3 is 0 Å². The van der Waals surface area contributed by atoms with Gasteiger partial charge in [-0.2, -0.15) is 0 Å². The minimum atomic E-state index is -0.507. The standard InChI is InChI=1S/C16H15NO4/c1-10(18)15-13(20-2)4-3-5-14(15)21-12-8-6-11(7-9-12)16(17)19/h3-9H,1-2H3,(H2,17,19). The summed E-state index contributed by atoms with van der Waals surface area (Å²) in [6, 6.07) is 11.5. The maximum absolute atomic E-state index is 11.8. The number of primary amides is 1. The van der Waals surface area contributed by atoms with Crippen LogP contribution in [0.2, 0.25) is 0 Å². The second kappa shape index (κ2) is 6.09. The lowest BCUT2D eigenvalue weighted by Gasteiger charge is -2.12. The summed E-state index contributed by atoms with van der Waals surface area (Å²) >= 11 is 0. The average Bonchev–Trinajstić information content (AvgIpc) is 2.47. The number of nitrogens with two attached hydrogens (primary N) is 1. The molecule has 0 aliphatic rings. The van der Waals surface area contributed by atoms with E-state index in [0.29, 0.717) is 28.4 Å². The van der Waals surface area contributed by atoms with Crippen LogP contribution in [0.3, 0.4) is 0 Å². The molecule has 2 rings (SSSR count). The summed E-state index contributed by atoms with van der Waals surface area (Å²) in [6.45, 7) is 1.45. The van der Waals surface area contributed by atoms with Crippen LogP contribution in [0.25, 0.3) is 0 Å². The Morgan fingerprint density at radius 3 is 2.14 bits per heavy atom. The number of carbonyl (C=O) groups excluding carboxylic acids is 2. The van der Waals surface area contributed by atoms with Crippen molar-refractivity contribution in [2.45, 2.75) is 6.92 Å². The molecule has 2 aromatic carbocycles. The van der Waals surface area contributed by atoms with Crippen LogP contribution < -0.4 is 15.2 Å². The lowest BCUT2D eigenvalue weighted by Crippen LogP contribution is -2.10. The van der Waals surface area contributed by atoms with E-state index in [1.807, 2.05) is 0 Å². The Bertz CT molecular complexity index is 677. The molecular weight excluding hydrogens is 270 g/mol. The van der Waals surface area contributed by atoms with E-state index in [1.165, 1.54) is 14.0 Å². The Kier molecular flexibility index (Phi) is 4.23. The highest BCUT2D eigenvalue weighted by molar-refractivity contribution is 5.99. The molecular formula is C16H15NO4. The monoisotopic (exact) mass is 285 g/mol. The molecule has 2 aromatic rings. The Balaban J connectivity index is 2.35. The fourth-order valence-electron chi connectivity index (χ4n) is 1.93. The van der Waals surface area contributed by atoms with Crippen LogP contribution in [0.15, 0.2) is 42.5 Å². The molecule has 0 heterocycles. The lowest BCUT2D eigenvalue weighted by molar-refractivity contribution is 0.0995. The van der Waals surface area contributed by atoms with Crippen molar-refractivity contribution < 1.29 is 19.1 Å². The van der Waals surface area contributed by atoms with Crippen molar-refractivity contribution in [2.24, 2.45) is 5.73 Å². The molecule has 0 saturated carbocycles. The van der Waals surface area contributed by atoms with Crippen molar-refractivity contribution in [1.29, 1.82) is 0 Å². The third-order valence-electron chi connectivity index (χ3n) is 2.93. The van der Waals surface area contributed by atoms with Gasteiger partial charge in [0, 0.05) is 5.56 Å². The van der Waals surface area contributed by atoms with Gasteiger partial charge in [0.05, 0.1) is 7.11 Å². The normalized spacial score (nSPS) is 10.0. The highest BCUT2D eigenvalue weighted by atomic mass is 16.5. The molecule has 5 nitrogen and oxygen atoms in total. The molecule has 0 bridgehead atoms. The summed E-state index contributed by atoms with van der Waals surface area (Å²) in [5.41, 5.74) is 5.94. The summed E-state index contributed by atoms with van der Waals surface area (Å²) < 4.78 is 10.9. The number of rotatable bonds is 5. The highest BCUT2D eigenvalue weighted by Crippen LogP contribution is 2.32. The van der Waals surface area contributed by atoms with E-state index < -0.39 is 5.91 Å². The number of hydrogen-bond acceptors (Lipinski definition) is 4. The Morgan fingerprint density at radius 1 is 1.00 bits per heavy atom. The highest BCUT2D eigenvalue weighted by Gasteiger charge is 2.15. The SMILES string of the molecule is COc1cccc(Oc2ccc(C(N)=O)cc2)c1C(C)=O. The molecule has 0 fully saturated rings. The smallest absolute Gasteiger partial charge is 0.248 e. The van der Waals surface area contributed by atoms with Crippen molar-refractivity contribution in [3.8, 4) is 17.2 Å². The first kappa shape index (κ1) is 14.6. The average molecular weight is 285 g/mol. The molecule has 0 aromatic heterocycles. The first-order valence-corrected chi connectivity index (χ1v) is 6.28. The van der Waals surface area contributed by atoms with Crippen LogP contribution in [-0.4, -0.2) is 18.8 Å². The van der Waals surface area contributed by atoms with Gasteiger partial charge < -0.3 is 15.2 Å². The molecule has 0 aliphatic heterocycles. The van der Waals surface area contributed by atoms with Gasteiger partial charge in [-0.15, -0.1) is 0 Å². The van der Waals surface area contributed by atoms with E-state index in [9.17, 15) is 9.59 Å². The van der Waals surface area contributed by atoms with Crippen LogP contribution >= 0.6 is 0 Å². The van der Waals surface area contributed by atoms with Crippen LogP contribution in [-0.2, 0) is 0 Å². The minimum Gasteiger partial charge on any atom is -0.496 e. The van der Waals surface area contributed by atoms with Crippen molar-refractivity contribution >= 4 is 11.7 Å². The van der Waals surface area contributed by atoms with Gasteiger partial charge in [-0.3, -0.25) is 9.59 Å². The van der Waals surface area contributed by atoms with Crippen molar-refractivity contribution in [1.82, 2.24) is 0 Å². The predicted octanol–water partition coefficient (Wildman–Crippen LogP) is 2.79. The number of carbonyl (C=O) groups is 2. The number of methoxy groups -OCH3 is 1. The maximum Gasteiger partial charge on any atom is 0.248 e. The third-order valence-corrected chi connectivity index (χ3v) is 2.93. The van der Waals surface area contributed by atoms with Crippen LogP contribution in [0.1, 0.15) is 27.6 Å². The van der Waals surface area contributed by atoms with E-state index >= 15 is 0 Å². The van der Waals surface area contributed by atoms with Gasteiger partial charge in [-0.25, -0.2) is 0 Å². The Labute approximate surface area is 122 Å². The number of Topliss-reactive ketones (excluding diaryl/α,β-unsaturated/α-hetero) is 1. The van der Waals surface area contributed by atoms with Crippen molar-refractivity contribution in [3.63, 3.8) is 0 Å². The zero-order valence-corrected chi connectivity index (χ0v) is 11.8. The first-order valence-electron chi connectivity index (χ1n) is 6.28. The fraction of sp³-hybridized carbons (Fsp3) is 0.125. The van der Waals surface area contributed by atoms with Crippen LogP contribution in [0.5, 0.6) is 17.2 Å². The van der Waals surface area contributed by atoms with E-state index in [2.05, 4.69) is 0 Å².